The van der Waals surface area contributed by atoms with Gasteiger partial charge in [-0.15, -0.1) is 5.10 Å². The normalized spacial score (nSPS) is 14.0. The SMILES string of the molecule is COC(=O)Nc1ccc(-c2cnc([C@@H]3CCc4cc(-c5cc(Cl)ccc5-n5cc(C(N)=O)nn5)cc(=O)n43)[nH]2)cc1. The number of fused-ring (bicyclic) bond motifs is 1. The molecule has 1 atom stereocenters. The molecule has 0 spiro atoms. The van der Waals surface area contributed by atoms with E-state index >= 15 is 0 Å². The van der Waals surface area contributed by atoms with E-state index < -0.39 is 12.0 Å². The highest BCUT2D eigenvalue weighted by Gasteiger charge is 2.28. The van der Waals surface area contributed by atoms with Crippen LogP contribution in [0.15, 0.2) is 71.8 Å². The van der Waals surface area contributed by atoms with Crippen molar-refractivity contribution in [3.05, 3.63) is 99.6 Å². The number of halogens is 1. The van der Waals surface area contributed by atoms with Gasteiger partial charge in [0.25, 0.3) is 11.5 Å². The number of nitrogens with one attached hydrogen (secondary N) is 2. The van der Waals surface area contributed by atoms with Gasteiger partial charge in [-0.1, -0.05) is 28.9 Å². The lowest BCUT2D eigenvalue weighted by Gasteiger charge is -2.15. The molecule has 0 unspecified atom stereocenters. The lowest BCUT2D eigenvalue weighted by molar-refractivity contribution is 0.0995. The second kappa shape index (κ2) is 10.4. The number of amides is 2. The average molecular weight is 571 g/mol. The summed E-state index contributed by atoms with van der Waals surface area (Å²) in [4.78, 5) is 44.4. The molecule has 12 nitrogen and oxygen atoms in total. The molecule has 0 saturated carbocycles. The molecule has 206 valence electrons. The van der Waals surface area contributed by atoms with Crippen LogP contribution in [-0.4, -0.2) is 48.6 Å². The van der Waals surface area contributed by atoms with Crippen LogP contribution in [0.5, 0.6) is 0 Å². The summed E-state index contributed by atoms with van der Waals surface area (Å²) in [7, 11) is 1.30. The molecule has 0 bridgehead atoms. The Morgan fingerprint density at radius 2 is 1.93 bits per heavy atom. The van der Waals surface area contributed by atoms with Crippen molar-refractivity contribution in [2.24, 2.45) is 5.73 Å². The number of carbonyl (C=O) groups is 2. The fourth-order valence-corrected chi connectivity index (χ4v) is 5.17. The van der Waals surface area contributed by atoms with E-state index in [1.165, 1.54) is 18.0 Å². The van der Waals surface area contributed by atoms with Crippen LogP contribution >= 0.6 is 11.6 Å². The number of carbonyl (C=O) groups excluding carboxylic acids is 2. The predicted molar refractivity (Wildman–Crippen MR) is 151 cm³/mol. The molecule has 0 aliphatic carbocycles. The minimum atomic E-state index is -0.692. The molecule has 41 heavy (non-hydrogen) atoms. The molecule has 0 fully saturated rings. The molecule has 13 heteroatoms. The number of benzene rings is 2. The number of hydrogen-bond acceptors (Lipinski definition) is 7. The van der Waals surface area contributed by atoms with E-state index in [9.17, 15) is 14.4 Å². The van der Waals surface area contributed by atoms with E-state index in [2.05, 4.69) is 30.3 Å². The van der Waals surface area contributed by atoms with Gasteiger partial charge in [-0.2, -0.15) is 0 Å². The van der Waals surface area contributed by atoms with Crippen LogP contribution in [0, 0.1) is 0 Å². The minimum Gasteiger partial charge on any atom is -0.453 e. The maximum Gasteiger partial charge on any atom is 0.411 e. The standard InChI is InChI=1S/C28H23ClN8O4/c1-41-28(40)32-18-5-2-15(3-6-18)21-13-31-27(33-21)24-9-7-19-10-16(11-25(38)37(19)24)20-12-17(29)4-8-23(20)36-14-22(26(30)39)34-35-36/h2-6,8,10-14,24H,7,9H2,1H3,(H2,30,39)(H,31,33)(H,32,40)/t24-/m0/s1. The number of pyridine rings is 1. The first kappa shape index (κ1) is 26.0. The molecule has 4 N–H and O–H groups in total. The molecule has 0 saturated heterocycles. The molecule has 1 aliphatic rings. The quantitative estimate of drug-likeness (QED) is 0.278. The van der Waals surface area contributed by atoms with Crippen molar-refractivity contribution in [1.29, 1.82) is 0 Å². The molecule has 2 amide bonds. The highest BCUT2D eigenvalue weighted by Crippen LogP contribution is 2.34. The van der Waals surface area contributed by atoms with E-state index in [0.717, 1.165) is 17.0 Å². The summed E-state index contributed by atoms with van der Waals surface area (Å²) in [5.74, 6) is -0.0161. The van der Waals surface area contributed by atoms with Gasteiger partial charge < -0.3 is 20.0 Å². The monoisotopic (exact) mass is 570 g/mol. The first-order valence-electron chi connectivity index (χ1n) is 12.6. The zero-order valence-corrected chi connectivity index (χ0v) is 22.4. The maximum atomic E-state index is 13.5. The first-order chi connectivity index (χ1) is 19.8. The van der Waals surface area contributed by atoms with Crippen LogP contribution in [0.2, 0.25) is 5.02 Å². The Labute approximate surface area is 237 Å². The maximum absolute atomic E-state index is 13.5. The van der Waals surface area contributed by atoms with Crippen molar-refractivity contribution in [3.8, 4) is 28.1 Å². The number of anilines is 1. The second-order valence-electron chi connectivity index (χ2n) is 9.45. The summed E-state index contributed by atoms with van der Waals surface area (Å²) >= 11 is 6.32. The molecule has 0 radical (unpaired) electrons. The van der Waals surface area contributed by atoms with Gasteiger partial charge >= 0.3 is 6.09 Å². The van der Waals surface area contributed by atoms with E-state index in [4.69, 9.17) is 17.3 Å². The zero-order valence-electron chi connectivity index (χ0n) is 21.7. The summed E-state index contributed by atoms with van der Waals surface area (Å²) in [6.45, 7) is 0. The number of imidazole rings is 1. The molecule has 5 aromatic rings. The number of primary amides is 1. The predicted octanol–water partition coefficient (Wildman–Crippen LogP) is 3.95. The van der Waals surface area contributed by atoms with Gasteiger partial charge in [0.2, 0.25) is 0 Å². The van der Waals surface area contributed by atoms with Crippen LogP contribution in [0.25, 0.3) is 28.1 Å². The van der Waals surface area contributed by atoms with Crippen LogP contribution in [0.1, 0.15) is 34.5 Å². The highest BCUT2D eigenvalue weighted by molar-refractivity contribution is 6.31. The Hall–Kier alpha value is -5.23. The minimum absolute atomic E-state index is 0.0226. The third-order valence-corrected chi connectivity index (χ3v) is 7.17. The summed E-state index contributed by atoms with van der Waals surface area (Å²) in [5, 5.41) is 10.9. The van der Waals surface area contributed by atoms with Crippen LogP contribution in [-0.2, 0) is 11.2 Å². The number of methoxy groups -OCH3 is 1. The lowest BCUT2D eigenvalue weighted by Crippen LogP contribution is -2.23. The van der Waals surface area contributed by atoms with Crippen LogP contribution in [0.3, 0.4) is 0 Å². The number of aromatic amines is 1. The molecule has 4 heterocycles. The Balaban J connectivity index is 1.30. The molecular formula is C28H23ClN8O4. The number of rotatable bonds is 6. The number of ether oxygens (including phenoxy) is 1. The summed E-state index contributed by atoms with van der Waals surface area (Å²) in [6.07, 6.45) is 3.98. The topological polar surface area (TPSA) is 163 Å². The van der Waals surface area contributed by atoms with Gasteiger partial charge in [0.15, 0.2) is 5.69 Å². The van der Waals surface area contributed by atoms with Gasteiger partial charge in [-0.25, -0.2) is 14.5 Å². The third kappa shape index (κ3) is 4.96. The van der Waals surface area contributed by atoms with Crippen molar-refractivity contribution in [1.82, 2.24) is 29.5 Å². The number of nitrogens with two attached hydrogens (primary N) is 1. The molecular weight excluding hydrogens is 548 g/mol. The molecule has 1 aliphatic heterocycles. The first-order valence-corrected chi connectivity index (χ1v) is 13.0. The van der Waals surface area contributed by atoms with Crippen molar-refractivity contribution in [2.45, 2.75) is 18.9 Å². The van der Waals surface area contributed by atoms with Crippen molar-refractivity contribution in [3.63, 3.8) is 0 Å². The Morgan fingerprint density at radius 1 is 1.12 bits per heavy atom. The van der Waals surface area contributed by atoms with Crippen LogP contribution in [0.4, 0.5) is 10.5 Å². The average Bonchev–Trinajstić information content (AvgIpc) is 3.73. The van der Waals surface area contributed by atoms with E-state index in [1.807, 2.05) is 18.2 Å². The zero-order chi connectivity index (χ0) is 28.7. The van der Waals surface area contributed by atoms with Gasteiger partial charge in [-0.05, 0) is 60.4 Å². The Bertz CT molecular complexity index is 1860. The van der Waals surface area contributed by atoms with E-state index in [0.29, 0.717) is 46.2 Å². The summed E-state index contributed by atoms with van der Waals surface area (Å²) < 4.78 is 7.80. The number of aromatic nitrogens is 6. The number of H-pyrrole nitrogens is 1. The third-order valence-electron chi connectivity index (χ3n) is 6.93. The second-order valence-corrected chi connectivity index (χ2v) is 9.88. The largest absolute Gasteiger partial charge is 0.453 e. The fourth-order valence-electron chi connectivity index (χ4n) is 5.00. The summed E-state index contributed by atoms with van der Waals surface area (Å²) in [6, 6.07) is 15.7. The fraction of sp³-hybridized carbons (Fsp3) is 0.143. The van der Waals surface area contributed by atoms with Gasteiger partial charge in [-0.3, -0.25) is 14.9 Å². The smallest absolute Gasteiger partial charge is 0.411 e. The summed E-state index contributed by atoms with van der Waals surface area (Å²) in [5.41, 5.74) is 10.2. The van der Waals surface area contributed by atoms with E-state index in [1.54, 1.807) is 47.2 Å². The van der Waals surface area contributed by atoms with Crippen LogP contribution < -0.4 is 16.6 Å². The van der Waals surface area contributed by atoms with Gasteiger partial charge in [0.1, 0.15) is 5.82 Å². The molecule has 3 aromatic heterocycles. The van der Waals surface area contributed by atoms with E-state index in [-0.39, 0.29) is 17.3 Å². The van der Waals surface area contributed by atoms with Crippen molar-refractivity contribution < 1.29 is 14.3 Å². The lowest BCUT2D eigenvalue weighted by atomic mass is 10.0. The highest BCUT2D eigenvalue weighted by atomic mass is 35.5. The van der Waals surface area contributed by atoms with Crippen molar-refractivity contribution >= 4 is 29.3 Å². The number of nitrogens with zero attached hydrogens (tertiary/aromatic N) is 5. The Morgan fingerprint density at radius 3 is 2.66 bits per heavy atom. The number of hydrogen-bond donors (Lipinski definition) is 3. The van der Waals surface area contributed by atoms with Gasteiger partial charge in [0.05, 0.1) is 36.9 Å². The molecule has 6 rings (SSSR count). The van der Waals surface area contributed by atoms with Gasteiger partial charge in [0, 0.05) is 28.0 Å². The van der Waals surface area contributed by atoms with Crippen molar-refractivity contribution in [2.75, 3.05) is 12.4 Å². The number of aryl methyl sites for hydroxylation is 1. The Kier molecular flexibility index (Phi) is 6.59. The molecule has 2 aromatic carbocycles.